The number of phenols is 1. The normalized spacial score (nSPS) is 10.4. The number of rotatable bonds is 5. The number of fused-ring (bicyclic) bond motifs is 2. The zero-order chi connectivity index (χ0) is 24.3. The second-order valence-corrected chi connectivity index (χ2v) is 6.24. The van der Waals surface area contributed by atoms with Gasteiger partial charge in [-0.1, -0.05) is 6.07 Å². The fourth-order valence-corrected chi connectivity index (χ4v) is 2.99. The van der Waals surface area contributed by atoms with Gasteiger partial charge in [-0.25, -0.2) is 4.98 Å². The molecule has 0 saturated carbocycles. The highest BCUT2D eigenvalue weighted by molar-refractivity contribution is 6.01. The first kappa shape index (κ1) is 22.7. The summed E-state index contributed by atoms with van der Waals surface area (Å²) in [6.45, 7) is 0. The summed E-state index contributed by atoms with van der Waals surface area (Å²) in [7, 11) is 3.26. The van der Waals surface area contributed by atoms with E-state index in [2.05, 4.69) is 4.98 Å². The number of hydrogen-bond donors (Lipinski definition) is 1. The predicted octanol–water partition coefficient (Wildman–Crippen LogP) is 4.12. The molecular formula is C19H14N4O10. The van der Waals surface area contributed by atoms with Crippen molar-refractivity contribution < 1.29 is 33.8 Å². The van der Waals surface area contributed by atoms with E-state index in [0.717, 1.165) is 22.0 Å². The Kier molecular flexibility index (Phi) is 6.19. The molecule has 0 aliphatic heterocycles. The predicted molar refractivity (Wildman–Crippen MR) is 113 cm³/mol. The summed E-state index contributed by atoms with van der Waals surface area (Å²) in [5.41, 5.74) is -1.70. The molecule has 0 fully saturated rings. The van der Waals surface area contributed by atoms with Crippen LogP contribution in [0.1, 0.15) is 0 Å². The van der Waals surface area contributed by atoms with Gasteiger partial charge in [-0.3, -0.25) is 30.3 Å². The van der Waals surface area contributed by atoms with Crippen molar-refractivity contribution in [3.8, 4) is 17.2 Å². The Labute approximate surface area is 183 Å². The van der Waals surface area contributed by atoms with E-state index in [9.17, 15) is 30.3 Å². The van der Waals surface area contributed by atoms with Crippen molar-refractivity contribution >= 4 is 39.1 Å². The van der Waals surface area contributed by atoms with Crippen LogP contribution in [0.3, 0.4) is 0 Å². The highest BCUT2D eigenvalue weighted by Gasteiger charge is 2.30. The minimum atomic E-state index is -1.21. The maximum absolute atomic E-state index is 10.4. The number of hydrogen-bond acceptors (Lipinski definition) is 11. The number of non-ortho nitro benzene ring substituents is 1. The molecule has 0 atom stereocenters. The topological polar surface area (TPSA) is 194 Å². The fourth-order valence-electron chi connectivity index (χ4n) is 2.99. The Hall–Kier alpha value is -5.01. The van der Waals surface area contributed by atoms with Gasteiger partial charge < -0.3 is 19.0 Å². The Bertz CT molecular complexity index is 1360. The van der Waals surface area contributed by atoms with Crippen LogP contribution in [-0.2, 0) is 0 Å². The van der Waals surface area contributed by atoms with Gasteiger partial charge in [0.25, 0.3) is 11.4 Å². The van der Waals surface area contributed by atoms with Crippen LogP contribution in [0.15, 0.2) is 47.1 Å². The summed E-state index contributed by atoms with van der Waals surface area (Å²) >= 11 is 0. The minimum absolute atomic E-state index is 0.447. The molecule has 33 heavy (non-hydrogen) atoms. The van der Waals surface area contributed by atoms with Crippen LogP contribution in [0.25, 0.3) is 22.0 Å². The van der Waals surface area contributed by atoms with Crippen LogP contribution in [0.4, 0.5) is 17.1 Å². The van der Waals surface area contributed by atoms with Gasteiger partial charge in [-0.15, -0.1) is 0 Å². The van der Waals surface area contributed by atoms with Gasteiger partial charge in [0.2, 0.25) is 5.71 Å². The van der Waals surface area contributed by atoms with Crippen molar-refractivity contribution in [1.82, 2.24) is 4.98 Å². The standard InChI is InChI=1S/C13H11NO3.C6H3N3O7/c1-15-10-5-3-4-8-11(10)14-13-9(6-7-17-13)12(8)16-2;10-6-4(8(13)14)1-3(7(11)12)2-5(6)9(15)16/h3-7H,1-2H3;1-2,10H. The number of para-hydroxylation sites is 1. The number of nitrogens with zero attached hydrogens (tertiary/aromatic N) is 4. The molecule has 2 aromatic heterocycles. The molecule has 0 aliphatic carbocycles. The molecule has 0 unspecified atom stereocenters. The van der Waals surface area contributed by atoms with Gasteiger partial charge in [-0.2, -0.15) is 0 Å². The summed E-state index contributed by atoms with van der Waals surface area (Å²) in [6, 6.07) is 8.47. The van der Waals surface area contributed by atoms with Gasteiger partial charge in [-0.05, 0) is 18.2 Å². The number of pyridine rings is 1. The lowest BCUT2D eigenvalue weighted by atomic mass is 10.1. The molecule has 14 nitrogen and oxygen atoms in total. The average molecular weight is 458 g/mol. The highest BCUT2D eigenvalue weighted by atomic mass is 16.6. The van der Waals surface area contributed by atoms with Crippen LogP contribution in [0.5, 0.6) is 17.2 Å². The molecular weight excluding hydrogens is 444 g/mol. The Morgan fingerprint density at radius 3 is 2.06 bits per heavy atom. The molecule has 0 bridgehead atoms. The third kappa shape index (κ3) is 4.25. The lowest BCUT2D eigenvalue weighted by Gasteiger charge is -2.08. The van der Waals surface area contributed by atoms with Crippen LogP contribution < -0.4 is 9.47 Å². The maximum atomic E-state index is 10.4. The number of aromatic hydroxyl groups is 1. The third-order valence-electron chi connectivity index (χ3n) is 4.43. The van der Waals surface area contributed by atoms with Crippen molar-refractivity contribution in [2.24, 2.45) is 0 Å². The van der Waals surface area contributed by atoms with E-state index >= 15 is 0 Å². The minimum Gasteiger partial charge on any atom is -0.497 e. The number of phenolic OH excluding ortho intramolecular Hbond substituents is 1. The molecule has 4 aromatic rings. The zero-order valence-electron chi connectivity index (χ0n) is 17.0. The van der Waals surface area contributed by atoms with Crippen LogP contribution in [0, 0.1) is 30.3 Å². The van der Waals surface area contributed by atoms with Crippen molar-refractivity contribution in [2.45, 2.75) is 0 Å². The molecule has 4 rings (SSSR count). The summed E-state index contributed by atoms with van der Waals surface area (Å²) in [4.78, 5) is 32.2. The smallest absolute Gasteiger partial charge is 0.324 e. The Balaban J connectivity index is 0.000000186. The van der Waals surface area contributed by atoms with E-state index in [0.29, 0.717) is 23.6 Å². The molecule has 2 aromatic carbocycles. The fraction of sp³-hybridized carbons (Fsp3) is 0.105. The van der Waals surface area contributed by atoms with E-state index in [1.807, 2.05) is 24.3 Å². The lowest BCUT2D eigenvalue weighted by Crippen LogP contribution is -1.97. The van der Waals surface area contributed by atoms with Crippen molar-refractivity contribution in [2.75, 3.05) is 14.2 Å². The molecule has 2 heterocycles. The summed E-state index contributed by atoms with van der Waals surface area (Å²) < 4.78 is 16.1. The van der Waals surface area contributed by atoms with Gasteiger partial charge in [0, 0.05) is 5.39 Å². The quantitative estimate of drug-likeness (QED) is 0.334. The third-order valence-corrected chi connectivity index (χ3v) is 4.43. The second kappa shape index (κ2) is 9.01. The van der Waals surface area contributed by atoms with Gasteiger partial charge in [0.05, 0.1) is 52.8 Å². The van der Waals surface area contributed by atoms with E-state index in [4.69, 9.17) is 19.0 Å². The molecule has 170 valence electrons. The van der Waals surface area contributed by atoms with Crippen LogP contribution >= 0.6 is 0 Å². The number of ether oxygens (including phenoxy) is 2. The van der Waals surface area contributed by atoms with Crippen molar-refractivity contribution in [3.63, 3.8) is 0 Å². The van der Waals surface area contributed by atoms with Gasteiger partial charge >= 0.3 is 11.4 Å². The average Bonchev–Trinajstić information content (AvgIpc) is 3.25. The zero-order valence-corrected chi connectivity index (χ0v) is 17.0. The van der Waals surface area contributed by atoms with E-state index in [1.165, 1.54) is 0 Å². The molecule has 0 saturated heterocycles. The van der Waals surface area contributed by atoms with E-state index < -0.39 is 37.6 Å². The van der Waals surface area contributed by atoms with Crippen LogP contribution in [-0.4, -0.2) is 39.1 Å². The van der Waals surface area contributed by atoms with Gasteiger partial charge in [0.1, 0.15) is 17.0 Å². The highest BCUT2D eigenvalue weighted by Crippen LogP contribution is 2.39. The first-order chi connectivity index (χ1) is 15.7. The lowest BCUT2D eigenvalue weighted by molar-refractivity contribution is -0.404. The number of methoxy groups -OCH3 is 2. The number of benzene rings is 2. The number of aromatic nitrogens is 1. The van der Waals surface area contributed by atoms with E-state index in [-0.39, 0.29) is 0 Å². The monoisotopic (exact) mass is 458 g/mol. The van der Waals surface area contributed by atoms with E-state index in [1.54, 1.807) is 20.5 Å². The Morgan fingerprint density at radius 1 is 0.909 bits per heavy atom. The summed E-state index contributed by atoms with van der Waals surface area (Å²) in [5, 5.41) is 42.0. The van der Waals surface area contributed by atoms with Crippen LogP contribution in [0.2, 0.25) is 0 Å². The molecule has 0 spiro atoms. The second-order valence-electron chi connectivity index (χ2n) is 6.24. The molecule has 0 amide bonds. The first-order valence-corrected chi connectivity index (χ1v) is 8.87. The number of furan rings is 1. The largest absolute Gasteiger partial charge is 0.497 e. The number of nitro benzene ring substituents is 3. The maximum Gasteiger partial charge on any atom is 0.324 e. The summed E-state index contributed by atoms with van der Waals surface area (Å²) in [6.07, 6.45) is 1.60. The first-order valence-electron chi connectivity index (χ1n) is 8.87. The van der Waals surface area contributed by atoms with Crippen molar-refractivity contribution in [1.29, 1.82) is 0 Å². The van der Waals surface area contributed by atoms with Gasteiger partial charge in [0.15, 0.2) is 0 Å². The molecule has 0 radical (unpaired) electrons. The summed E-state index contributed by atoms with van der Waals surface area (Å²) in [5.74, 6) is 0.261. The Morgan fingerprint density at radius 2 is 1.55 bits per heavy atom. The number of nitro groups is 3. The molecule has 14 heteroatoms. The van der Waals surface area contributed by atoms with Crippen molar-refractivity contribution in [3.05, 3.63) is 73.0 Å². The molecule has 0 aliphatic rings. The molecule has 1 N–H and O–H groups in total. The SMILES string of the molecule is COc1c2ccoc2nc2c(OC)cccc12.O=[N+]([O-])c1cc([N+](=O)[O-])c(O)c([N+](=O)[O-])c1.